The lowest BCUT2D eigenvalue weighted by Gasteiger charge is -2.17. The van der Waals surface area contributed by atoms with Crippen molar-refractivity contribution in [1.29, 1.82) is 0 Å². The number of aliphatic hydroxyl groups is 2. The van der Waals surface area contributed by atoms with Gasteiger partial charge in [-0.25, -0.2) is 0 Å². The first-order valence-corrected chi connectivity index (χ1v) is 24.8. The van der Waals surface area contributed by atoms with E-state index in [1.165, 1.54) is 28.2 Å². The molecule has 0 saturated heterocycles. The molecule has 3 amide bonds. The maximum atomic E-state index is 12.0. The summed E-state index contributed by atoms with van der Waals surface area (Å²) in [7, 11) is 13.8. The van der Waals surface area contributed by atoms with Crippen LogP contribution in [0.2, 0.25) is 0 Å². The van der Waals surface area contributed by atoms with E-state index in [1.54, 1.807) is 34.4 Å². The van der Waals surface area contributed by atoms with Gasteiger partial charge >= 0.3 is 17.9 Å². The predicted octanol–water partition coefficient (Wildman–Crippen LogP) is 1.14. The number of likely N-dealkylation sites (N-methyl/N-ethyl adjacent to an activating group) is 7. The molecule has 24 heteroatoms. The molecule has 0 heterocycles. The molecule has 0 bridgehead atoms. The van der Waals surface area contributed by atoms with E-state index in [0.717, 1.165) is 25.5 Å². The molecule has 1 rings (SSSR count). The number of nitrogens with one attached hydrogen (secondary N) is 7. The van der Waals surface area contributed by atoms with Crippen molar-refractivity contribution < 1.29 is 58.0 Å². The van der Waals surface area contributed by atoms with Gasteiger partial charge in [-0.2, -0.15) is 12.6 Å². The number of nitrogens with two attached hydrogens (primary N) is 4. The molecule has 0 aliphatic carbocycles. The van der Waals surface area contributed by atoms with E-state index in [0.29, 0.717) is 43.8 Å². The Kier molecular flexibility index (Phi) is 90.4. The molecule has 23 nitrogen and oxygen atoms in total. The number of carbonyl (C=O) groups excluding carboxylic acids is 7. The standard InChI is InChI=1S/C15H23N3O3.2C12H25N3O3.C4H9NO2.C2H6.CH5N.CH4O.CH4S.4CH4/c1-17-13(10-11-6-4-3-5-7-11)15(20)21-9-8-12(16)14(19)18-2;2*1-8(2)7-10(14-3)12(17)18-6-5-9(13)11(16)15-4;1-5-4(2-6)3-7;4*1-2;;;;/h3-7,12-13,17H,8-10,16H2,1-2H3,(H,18,19);2*8-10,14H,5-7,13H2,1-4H3,(H,15,16);2,4-5,7H,3H2,1H3;1-2H3;2H2,1H3;2*2H,1H3;4*1H4/t12-,13-;2*9-,10-;4-;;;;;;;;/m0001......../s1. The third-order valence-electron chi connectivity index (χ3n) is 9.10. The van der Waals surface area contributed by atoms with E-state index in [4.69, 9.17) is 41.6 Å². The Balaban J connectivity index is -0.0000000801. The molecule has 1 aromatic carbocycles. The van der Waals surface area contributed by atoms with Crippen LogP contribution >= 0.6 is 12.6 Å². The number of thiol groups is 1. The number of ether oxygens (including phenoxy) is 3. The summed E-state index contributed by atoms with van der Waals surface area (Å²) in [6, 6.07) is 6.35. The number of hydrogen-bond acceptors (Lipinski definition) is 21. The van der Waals surface area contributed by atoms with Gasteiger partial charge in [0, 0.05) is 47.5 Å². The molecule has 0 aromatic heterocycles. The second-order valence-corrected chi connectivity index (χ2v) is 15.2. The largest absolute Gasteiger partial charge is 0.464 e. The van der Waals surface area contributed by atoms with E-state index < -0.39 is 24.2 Å². The lowest BCUT2D eigenvalue weighted by atomic mass is 10.0. The normalized spacial score (nSPS) is 11.9. The van der Waals surface area contributed by atoms with Crippen molar-refractivity contribution in [2.24, 2.45) is 34.8 Å². The monoisotopic (exact) mass is 1120 g/mol. The Labute approximate surface area is 467 Å². The van der Waals surface area contributed by atoms with Gasteiger partial charge < -0.3 is 89.4 Å². The number of rotatable bonds is 27. The fourth-order valence-electron chi connectivity index (χ4n) is 5.07. The van der Waals surface area contributed by atoms with E-state index in [9.17, 15) is 33.6 Å². The summed E-state index contributed by atoms with van der Waals surface area (Å²) in [6.07, 6.45) is 5.30. The molecule has 0 aliphatic rings. The first-order chi connectivity index (χ1) is 34.3. The van der Waals surface area contributed by atoms with Crippen molar-refractivity contribution in [3.8, 4) is 0 Å². The molecule has 1 aromatic rings. The molecule has 7 atom stereocenters. The molecule has 458 valence electrons. The van der Waals surface area contributed by atoms with Gasteiger partial charge in [-0.05, 0) is 78.2 Å². The van der Waals surface area contributed by atoms with Crippen molar-refractivity contribution in [3.63, 3.8) is 0 Å². The number of benzene rings is 1. The Morgan fingerprint density at radius 3 is 1.03 bits per heavy atom. The fourth-order valence-corrected chi connectivity index (χ4v) is 5.07. The second-order valence-electron chi connectivity index (χ2n) is 15.2. The zero-order chi connectivity index (χ0) is 57.6. The minimum absolute atomic E-state index is 0. The summed E-state index contributed by atoms with van der Waals surface area (Å²) >= 11 is 3.53. The maximum Gasteiger partial charge on any atom is 0.323 e. The van der Waals surface area contributed by atoms with Crippen LogP contribution in [0, 0.1) is 11.8 Å². The molecule has 0 unspecified atom stereocenters. The summed E-state index contributed by atoms with van der Waals surface area (Å²) in [6.45, 7) is 12.5. The van der Waals surface area contributed by atoms with E-state index in [-0.39, 0.29) is 110 Å². The molecule has 76 heavy (non-hydrogen) atoms. The van der Waals surface area contributed by atoms with Crippen LogP contribution in [-0.2, 0) is 54.2 Å². The lowest BCUT2D eigenvalue weighted by molar-refractivity contribution is -0.147. The molecule has 0 saturated carbocycles. The first kappa shape index (κ1) is 97.2. The van der Waals surface area contributed by atoms with E-state index >= 15 is 0 Å². The van der Waals surface area contributed by atoms with Gasteiger partial charge in [0.1, 0.15) is 24.4 Å². The van der Waals surface area contributed by atoms with E-state index in [2.05, 4.69) is 55.6 Å². The molecule has 0 spiro atoms. The Hall–Kier alpha value is -4.34. The highest BCUT2D eigenvalue weighted by molar-refractivity contribution is 7.79. The predicted molar refractivity (Wildman–Crippen MR) is 318 cm³/mol. The fraction of sp³-hybridized carbons (Fsp3) is 0.750. The number of carbonyl (C=O) groups is 7. The average Bonchev–Trinajstić information content (AvgIpc) is 3.41. The smallest absolute Gasteiger partial charge is 0.323 e. The molecule has 0 fully saturated rings. The van der Waals surface area contributed by atoms with Crippen LogP contribution in [0.4, 0.5) is 0 Å². The average molecular weight is 1120 g/mol. The Morgan fingerprint density at radius 1 is 0.553 bits per heavy atom. The summed E-state index contributed by atoms with van der Waals surface area (Å²) in [5.74, 6) is -0.889. The van der Waals surface area contributed by atoms with Gasteiger partial charge in [0.2, 0.25) is 17.7 Å². The maximum absolute atomic E-state index is 12.0. The quantitative estimate of drug-likeness (QED) is 0.0254. The molecule has 0 radical (unpaired) electrons. The highest BCUT2D eigenvalue weighted by atomic mass is 32.1. The van der Waals surface area contributed by atoms with Crippen LogP contribution in [-0.4, -0.2) is 191 Å². The van der Waals surface area contributed by atoms with Crippen LogP contribution < -0.4 is 60.2 Å². The summed E-state index contributed by atoms with van der Waals surface area (Å²) in [4.78, 5) is 78.6. The van der Waals surface area contributed by atoms with Crippen LogP contribution in [0.1, 0.15) is 109 Å². The van der Waals surface area contributed by atoms with Gasteiger partial charge in [-0.3, -0.25) is 28.8 Å². The number of esters is 3. The molecular formula is C52H117N11O12S. The minimum atomic E-state index is -0.662. The van der Waals surface area contributed by atoms with E-state index in [1.807, 2.05) is 71.9 Å². The number of aliphatic hydroxyl groups excluding tert-OH is 2. The van der Waals surface area contributed by atoms with Crippen LogP contribution in [0.5, 0.6) is 0 Å². The summed E-state index contributed by atoms with van der Waals surface area (Å²) in [5.41, 5.74) is 22.3. The van der Waals surface area contributed by atoms with Gasteiger partial charge in [0.25, 0.3) is 0 Å². The van der Waals surface area contributed by atoms with Crippen molar-refractivity contribution in [2.75, 3.05) is 96.2 Å². The number of aldehydes is 1. The van der Waals surface area contributed by atoms with Crippen molar-refractivity contribution in [1.82, 2.24) is 37.2 Å². The highest BCUT2D eigenvalue weighted by Gasteiger charge is 2.22. The topological polar surface area (TPSA) is 376 Å². The van der Waals surface area contributed by atoms with Crippen molar-refractivity contribution >= 4 is 54.5 Å². The molecule has 17 N–H and O–H groups in total. The second kappa shape index (κ2) is 70.7. The third-order valence-corrected chi connectivity index (χ3v) is 9.10. The Morgan fingerprint density at radius 2 is 0.829 bits per heavy atom. The van der Waals surface area contributed by atoms with Crippen LogP contribution in [0.25, 0.3) is 0 Å². The van der Waals surface area contributed by atoms with Crippen molar-refractivity contribution in [2.45, 2.75) is 152 Å². The van der Waals surface area contributed by atoms with Gasteiger partial charge in [-0.1, -0.05) is 102 Å². The van der Waals surface area contributed by atoms with Gasteiger partial charge in [-0.15, -0.1) is 0 Å². The number of hydrogen-bond donors (Lipinski definition) is 14. The molecule has 0 aliphatic heterocycles. The molecular weight excluding hydrogens is 1000 g/mol. The highest BCUT2D eigenvalue weighted by Crippen LogP contribution is 2.08. The lowest BCUT2D eigenvalue weighted by Crippen LogP contribution is -2.41. The van der Waals surface area contributed by atoms with Gasteiger partial charge in [0.15, 0.2) is 0 Å². The summed E-state index contributed by atoms with van der Waals surface area (Å²) < 4.78 is 15.4. The first-order valence-electron chi connectivity index (χ1n) is 23.9. The third kappa shape index (κ3) is 57.4. The SMILES string of the molecule is C.C.C.C.CC.CN.CNC(=O)[C@@H](N)CCOC(=O)[C@H](CC(C)C)NC.CNC(=O)[C@@H](N)CCOC(=O)[C@H](CC(C)C)NC.CNC(=O)[C@@H](N)CCOC(=O)[C@H](Cc1ccccc1)NC.CN[C@H](C=O)CO.CO.CS. The Bertz CT molecular complexity index is 1390. The van der Waals surface area contributed by atoms with Crippen molar-refractivity contribution in [3.05, 3.63) is 35.9 Å². The number of amides is 3. The van der Waals surface area contributed by atoms with Crippen LogP contribution in [0.3, 0.4) is 0 Å². The zero-order valence-electron chi connectivity index (χ0n) is 46.5. The van der Waals surface area contributed by atoms with Crippen LogP contribution in [0.15, 0.2) is 30.3 Å². The zero-order valence-corrected chi connectivity index (χ0v) is 47.4. The minimum Gasteiger partial charge on any atom is -0.464 e. The summed E-state index contributed by atoms with van der Waals surface area (Å²) in [5, 5.41) is 33.9. The van der Waals surface area contributed by atoms with Gasteiger partial charge in [0.05, 0.1) is 50.6 Å².